The number of amides is 2. The summed E-state index contributed by atoms with van der Waals surface area (Å²) in [5.74, 6) is -0.0147. The largest absolute Gasteiger partial charge is 0.326 e. The molecule has 3 aromatic rings. The van der Waals surface area contributed by atoms with Crippen molar-refractivity contribution in [1.82, 2.24) is 4.98 Å². The number of aromatic nitrogens is 1. The fourth-order valence-electron chi connectivity index (χ4n) is 2.65. The van der Waals surface area contributed by atoms with Crippen molar-refractivity contribution in [2.24, 2.45) is 5.92 Å². The van der Waals surface area contributed by atoms with Crippen LogP contribution in [0.4, 0.5) is 10.8 Å². The van der Waals surface area contributed by atoms with Crippen molar-refractivity contribution in [3.63, 3.8) is 0 Å². The third-order valence-corrected chi connectivity index (χ3v) is 5.19. The molecule has 2 aromatic carbocycles. The summed E-state index contributed by atoms with van der Waals surface area (Å²) in [7, 11) is 0. The third kappa shape index (κ3) is 4.23. The molecule has 1 saturated carbocycles. The van der Waals surface area contributed by atoms with Crippen LogP contribution in [-0.4, -0.2) is 16.8 Å². The Labute approximate surface area is 161 Å². The highest BCUT2D eigenvalue weighted by atomic mass is 32.1. The zero-order valence-corrected chi connectivity index (χ0v) is 15.7. The molecule has 0 bridgehead atoms. The van der Waals surface area contributed by atoms with Crippen LogP contribution in [0.5, 0.6) is 0 Å². The molecule has 0 saturated heterocycles. The van der Waals surface area contributed by atoms with Crippen molar-refractivity contribution in [2.75, 3.05) is 10.6 Å². The molecule has 6 heteroatoms. The number of carbonyl (C=O) groups is 2. The first kappa shape index (κ1) is 17.4. The van der Waals surface area contributed by atoms with Gasteiger partial charge in [0.05, 0.1) is 5.69 Å². The van der Waals surface area contributed by atoms with Crippen LogP contribution in [0.1, 0.15) is 28.8 Å². The molecule has 1 aromatic heterocycles. The summed E-state index contributed by atoms with van der Waals surface area (Å²) in [6.45, 7) is 2.04. The highest BCUT2D eigenvalue weighted by molar-refractivity contribution is 7.14. The number of nitrogens with zero attached hydrogens (tertiary/aromatic N) is 1. The Kier molecular flexibility index (Phi) is 4.73. The molecule has 5 nitrogen and oxygen atoms in total. The molecular formula is C21H19N3O2S. The number of benzene rings is 2. The highest BCUT2D eigenvalue weighted by Crippen LogP contribution is 2.30. The van der Waals surface area contributed by atoms with Gasteiger partial charge in [0.1, 0.15) is 0 Å². The zero-order valence-electron chi connectivity index (χ0n) is 14.9. The average Bonchev–Trinajstić information content (AvgIpc) is 3.43. The predicted octanol–water partition coefficient (Wildman–Crippen LogP) is 4.72. The lowest BCUT2D eigenvalue weighted by atomic mass is 10.1. The number of thiazole rings is 1. The van der Waals surface area contributed by atoms with Gasteiger partial charge in [0, 0.05) is 28.1 Å². The lowest BCUT2D eigenvalue weighted by Gasteiger charge is -2.06. The second-order valence-electron chi connectivity index (χ2n) is 6.70. The number of hydrogen-bond acceptors (Lipinski definition) is 4. The SMILES string of the molecule is Cc1ccc(-c2csc(NC(=O)c3ccc(NC(=O)C4CC4)cc3)n2)cc1. The average molecular weight is 377 g/mol. The van der Waals surface area contributed by atoms with Crippen LogP contribution in [0.25, 0.3) is 11.3 Å². The molecular weight excluding hydrogens is 358 g/mol. The van der Waals surface area contributed by atoms with E-state index < -0.39 is 0 Å². The maximum atomic E-state index is 12.4. The number of hydrogen-bond donors (Lipinski definition) is 2. The number of anilines is 2. The maximum Gasteiger partial charge on any atom is 0.257 e. The van der Waals surface area contributed by atoms with E-state index in [0.717, 1.165) is 24.1 Å². The molecule has 0 radical (unpaired) electrons. The summed E-state index contributed by atoms with van der Waals surface area (Å²) in [6.07, 6.45) is 1.93. The Bertz CT molecular complexity index is 973. The van der Waals surface area contributed by atoms with Crippen molar-refractivity contribution < 1.29 is 9.59 Å². The van der Waals surface area contributed by atoms with Crippen LogP contribution >= 0.6 is 11.3 Å². The van der Waals surface area contributed by atoms with E-state index in [1.807, 2.05) is 36.6 Å². The molecule has 4 rings (SSSR count). The van der Waals surface area contributed by atoms with E-state index in [1.54, 1.807) is 24.3 Å². The Morgan fingerprint density at radius 1 is 1.00 bits per heavy atom. The summed E-state index contributed by atoms with van der Waals surface area (Å²) in [6, 6.07) is 15.0. The van der Waals surface area contributed by atoms with Gasteiger partial charge >= 0.3 is 0 Å². The molecule has 0 aliphatic heterocycles. The fraction of sp³-hybridized carbons (Fsp3) is 0.190. The van der Waals surface area contributed by atoms with Crippen LogP contribution in [0.2, 0.25) is 0 Å². The van der Waals surface area contributed by atoms with Gasteiger partial charge in [-0.2, -0.15) is 0 Å². The topological polar surface area (TPSA) is 71.1 Å². The summed E-state index contributed by atoms with van der Waals surface area (Å²) >= 11 is 1.39. The molecule has 1 aliphatic carbocycles. The van der Waals surface area contributed by atoms with E-state index in [0.29, 0.717) is 16.4 Å². The van der Waals surface area contributed by atoms with Crippen molar-refractivity contribution in [3.05, 3.63) is 65.0 Å². The molecule has 1 heterocycles. The molecule has 1 aliphatic rings. The number of nitrogens with one attached hydrogen (secondary N) is 2. The molecule has 0 spiro atoms. The summed E-state index contributed by atoms with van der Waals surface area (Å²) < 4.78 is 0. The standard InChI is InChI=1S/C21H19N3O2S/c1-13-2-4-14(5-3-13)18-12-27-21(23-18)24-20(26)16-8-10-17(11-9-16)22-19(25)15-6-7-15/h2-5,8-12,15H,6-7H2,1H3,(H,22,25)(H,23,24,26). The van der Waals surface area contributed by atoms with Crippen LogP contribution < -0.4 is 10.6 Å². The van der Waals surface area contributed by atoms with Crippen LogP contribution in [0.15, 0.2) is 53.9 Å². The number of carbonyl (C=O) groups excluding carboxylic acids is 2. The molecule has 136 valence electrons. The minimum atomic E-state index is -0.222. The van der Waals surface area contributed by atoms with Gasteiger partial charge in [0.15, 0.2) is 5.13 Å². The Balaban J connectivity index is 1.40. The van der Waals surface area contributed by atoms with Crippen LogP contribution in [-0.2, 0) is 4.79 Å². The van der Waals surface area contributed by atoms with Gasteiger partial charge in [-0.05, 0) is 44.0 Å². The first-order chi connectivity index (χ1) is 13.1. The number of aryl methyl sites for hydroxylation is 1. The second-order valence-corrected chi connectivity index (χ2v) is 7.56. The smallest absolute Gasteiger partial charge is 0.257 e. The van der Waals surface area contributed by atoms with E-state index in [1.165, 1.54) is 16.9 Å². The molecule has 27 heavy (non-hydrogen) atoms. The van der Waals surface area contributed by atoms with Crippen molar-refractivity contribution in [3.8, 4) is 11.3 Å². The lowest BCUT2D eigenvalue weighted by Crippen LogP contribution is -2.14. The minimum Gasteiger partial charge on any atom is -0.326 e. The maximum absolute atomic E-state index is 12.4. The molecule has 0 unspecified atom stereocenters. The normalized spacial score (nSPS) is 13.2. The van der Waals surface area contributed by atoms with Crippen molar-refractivity contribution >= 4 is 34.0 Å². The highest BCUT2D eigenvalue weighted by Gasteiger charge is 2.29. The monoisotopic (exact) mass is 377 g/mol. The van der Waals surface area contributed by atoms with Gasteiger partial charge in [0.25, 0.3) is 5.91 Å². The van der Waals surface area contributed by atoms with E-state index in [-0.39, 0.29) is 17.7 Å². The summed E-state index contributed by atoms with van der Waals surface area (Å²) in [5.41, 5.74) is 4.28. The molecule has 1 fully saturated rings. The summed E-state index contributed by atoms with van der Waals surface area (Å²) in [4.78, 5) is 28.7. The van der Waals surface area contributed by atoms with Gasteiger partial charge in [-0.3, -0.25) is 14.9 Å². The van der Waals surface area contributed by atoms with E-state index in [2.05, 4.69) is 15.6 Å². The van der Waals surface area contributed by atoms with Crippen LogP contribution in [0, 0.1) is 12.8 Å². The minimum absolute atomic E-state index is 0.0543. The number of rotatable bonds is 5. The van der Waals surface area contributed by atoms with Crippen molar-refractivity contribution in [1.29, 1.82) is 0 Å². The van der Waals surface area contributed by atoms with E-state index in [9.17, 15) is 9.59 Å². The Morgan fingerprint density at radius 3 is 2.37 bits per heavy atom. The predicted molar refractivity (Wildman–Crippen MR) is 108 cm³/mol. The Morgan fingerprint density at radius 2 is 1.70 bits per heavy atom. The molecule has 0 atom stereocenters. The zero-order chi connectivity index (χ0) is 18.8. The van der Waals surface area contributed by atoms with Gasteiger partial charge in [-0.25, -0.2) is 4.98 Å². The van der Waals surface area contributed by atoms with Crippen molar-refractivity contribution in [2.45, 2.75) is 19.8 Å². The van der Waals surface area contributed by atoms with Crippen LogP contribution in [0.3, 0.4) is 0 Å². The lowest BCUT2D eigenvalue weighted by molar-refractivity contribution is -0.117. The van der Waals surface area contributed by atoms with Gasteiger partial charge in [-0.1, -0.05) is 29.8 Å². The first-order valence-electron chi connectivity index (χ1n) is 8.83. The second kappa shape index (κ2) is 7.32. The molecule has 2 amide bonds. The quantitative estimate of drug-likeness (QED) is 0.676. The first-order valence-corrected chi connectivity index (χ1v) is 9.71. The third-order valence-electron chi connectivity index (χ3n) is 4.43. The fourth-order valence-corrected chi connectivity index (χ4v) is 3.37. The molecule has 2 N–H and O–H groups in total. The van der Waals surface area contributed by atoms with Gasteiger partial charge < -0.3 is 5.32 Å². The Hall–Kier alpha value is -2.99. The van der Waals surface area contributed by atoms with Gasteiger partial charge in [0.2, 0.25) is 5.91 Å². The van der Waals surface area contributed by atoms with Gasteiger partial charge in [-0.15, -0.1) is 11.3 Å². The summed E-state index contributed by atoms with van der Waals surface area (Å²) in [5, 5.41) is 8.18. The van der Waals surface area contributed by atoms with E-state index >= 15 is 0 Å². The van der Waals surface area contributed by atoms with E-state index in [4.69, 9.17) is 0 Å².